The van der Waals surface area contributed by atoms with Gasteiger partial charge in [-0.05, 0) is 39.0 Å². The number of aromatic nitrogens is 4. The third-order valence-corrected chi connectivity index (χ3v) is 3.93. The van der Waals surface area contributed by atoms with E-state index in [9.17, 15) is 9.59 Å². The molecule has 0 unspecified atom stereocenters. The molecule has 1 amide bonds. The van der Waals surface area contributed by atoms with Crippen molar-refractivity contribution >= 4 is 22.8 Å². The van der Waals surface area contributed by atoms with Crippen molar-refractivity contribution in [2.45, 2.75) is 27.3 Å². The number of rotatable bonds is 3. The third-order valence-electron chi connectivity index (χ3n) is 3.93. The van der Waals surface area contributed by atoms with E-state index in [1.807, 2.05) is 13.8 Å². The van der Waals surface area contributed by atoms with Crippen LogP contribution in [0.2, 0.25) is 0 Å². The Kier molecular flexibility index (Phi) is 3.92. The lowest BCUT2D eigenvalue weighted by Gasteiger charge is -2.10. The largest absolute Gasteiger partial charge is 0.307 e. The molecule has 0 bridgehead atoms. The zero-order valence-corrected chi connectivity index (χ0v) is 14.1. The Bertz CT molecular complexity index is 1000. The van der Waals surface area contributed by atoms with Crippen LogP contribution >= 0.6 is 0 Å². The molecule has 3 rings (SSSR count). The number of aryl methyl sites for hydroxylation is 4. The molecule has 0 fully saturated rings. The summed E-state index contributed by atoms with van der Waals surface area (Å²) in [5.74, 6) is 0.383. The number of fused-ring (bicyclic) bond motifs is 1. The van der Waals surface area contributed by atoms with Crippen LogP contribution in [0.15, 0.2) is 29.1 Å². The molecule has 2 heterocycles. The molecule has 0 aliphatic carbocycles. The van der Waals surface area contributed by atoms with Crippen molar-refractivity contribution in [2.24, 2.45) is 7.05 Å². The van der Waals surface area contributed by atoms with Crippen LogP contribution < -0.4 is 10.9 Å². The molecule has 0 aliphatic rings. The molecular weight excluding hydrogens is 306 g/mol. The number of hydrogen-bond donors (Lipinski definition) is 1. The molecule has 0 saturated carbocycles. The second-order valence-corrected chi connectivity index (χ2v) is 5.70. The Morgan fingerprint density at radius 1 is 1.25 bits per heavy atom. The van der Waals surface area contributed by atoms with Crippen LogP contribution in [0.1, 0.15) is 28.7 Å². The van der Waals surface area contributed by atoms with Crippen molar-refractivity contribution in [1.82, 2.24) is 19.3 Å². The molecule has 1 N–H and O–H groups in total. The monoisotopic (exact) mass is 325 g/mol. The molecular formula is C17H19N5O2. The minimum atomic E-state index is -0.242. The second kappa shape index (κ2) is 5.92. The molecule has 24 heavy (non-hydrogen) atoms. The predicted molar refractivity (Wildman–Crippen MR) is 92.3 cm³/mol. The number of nitrogens with one attached hydrogen (secondary N) is 1. The Morgan fingerprint density at radius 3 is 2.62 bits per heavy atom. The first-order valence-corrected chi connectivity index (χ1v) is 7.74. The van der Waals surface area contributed by atoms with Crippen LogP contribution in [0.3, 0.4) is 0 Å². The minimum Gasteiger partial charge on any atom is -0.307 e. The van der Waals surface area contributed by atoms with Crippen LogP contribution in [0.4, 0.5) is 5.82 Å². The number of nitrogens with zero attached hydrogens (tertiary/aromatic N) is 4. The second-order valence-electron chi connectivity index (χ2n) is 5.70. The van der Waals surface area contributed by atoms with E-state index in [1.165, 1.54) is 0 Å². The highest BCUT2D eigenvalue weighted by Crippen LogP contribution is 2.16. The van der Waals surface area contributed by atoms with Crippen molar-refractivity contribution in [2.75, 3.05) is 5.32 Å². The summed E-state index contributed by atoms with van der Waals surface area (Å²) in [6, 6.07) is 6.96. The Labute approximate surface area is 138 Å². The van der Waals surface area contributed by atoms with Crippen molar-refractivity contribution in [3.05, 3.63) is 51.6 Å². The first kappa shape index (κ1) is 15.9. The number of amides is 1. The van der Waals surface area contributed by atoms with Gasteiger partial charge in [0.1, 0.15) is 11.5 Å². The fraction of sp³-hybridized carbons (Fsp3) is 0.294. The molecule has 124 valence electrons. The van der Waals surface area contributed by atoms with E-state index in [2.05, 4.69) is 15.4 Å². The van der Waals surface area contributed by atoms with Gasteiger partial charge in [0.05, 0.1) is 16.7 Å². The van der Waals surface area contributed by atoms with Gasteiger partial charge in [0.2, 0.25) is 0 Å². The molecule has 0 radical (unpaired) electrons. The molecule has 7 heteroatoms. The zero-order valence-electron chi connectivity index (χ0n) is 14.1. The predicted octanol–water partition coefficient (Wildman–Crippen LogP) is 2.02. The van der Waals surface area contributed by atoms with Gasteiger partial charge in [-0.15, -0.1) is 0 Å². The molecule has 0 saturated heterocycles. The molecule has 2 aromatic heterocycles. The Morgan fingerprint density at radius 2 is 2.00 bits per heavy atom. The number of hydrogen-bond acceptors (Lipinski definition) is 4. The molecule has 3 aromatic rings. The van der Waals surface area contributed by atoms with Crippen molar-refractivity contribution in [3.8, 4) is 0 Å². The first-order valence-electron chi connectivity index (χ1n) is 7.74. The molecule has 0 aliphatic heterocycles. The lowest BCUT2D eigenvalue weighted by atomic mass is 10.1. The fourth-order valence-electron chi connectivity index (χ4n) is 2.75. The minimum absolute atomic E-state index is 0.104. The van der Waals surface area contributed by atoms with Gasteiger partial charge in [-0.2, -0.15) is 5.10 Å². The Balaban J connectivity index is 2.01. The maximum Gasteiger partial charge on any atom is 0.272 e. The van der Waals surface area contributed by atoms with Gasteiger partial charge in [0.25, 0.3) is 11.5 Å². The van der Waals surface area contributed by atoms with Gasteiger partial charge in [0.15, 0.2) is 0 Å². The molecule has 1 aromatic carbocycles. The summed E-state index contributed by atoms with van der Waals surface area (Å²) in [5.41, 5.74) is 2.98. The summed E-state index contributed by atoms with van der Waals surface area (Å²) in [4.78, 5) is 28.9. The highest BCUT2D eigenvalue weighted by molar-refractivity contribution is 6.05. The summed E-state index contributed by atoms with van der Waals surface area (Å²) in [6.07, 6.45) is 0. The van der Waals surface area contributed by atoms with Crippen LogP contribution in [-0.4, -0.2) is 25.2 Å². The lowest BCUT2D eigenvalue weighted by molar-refractivity contribution is 0.102. The molecule has 7 nitrogen and oxygen atoms in total. The number of carbonyl (C=O) groups excluding carboxylic acids is 1. The maximum absolute atomic E-state index is 12.5. The zero-order chi connectivity index (χ0) is 17.4. The summed E-state index contributed by atoms with van der Waals surface area (Å²) in [5, 5.41) is 7.04. The quantitative estimate of drug-likeness (QED) is 0.799. The van der Waals surface area contributed by atoms with E-state index in [4.69, 9.17) is 0 Å². The Hall–Kier alpha value is -2.96. The lowest BCUT2D eigenvalue weighted by Crippen LogP contribution is -2.23. The highest BCUT2D eigenvalue weighted by Gasteiger charge is 2.13. The third kappa shape index (κ3) is 2.68. The van der Waals surface area contributed by atoms with Gasteiger partial charge >= 0.3 is 0 Å². The first-order chi connectivity index (χ1) is 11.4. The van der Waals surface area contributed by atoms with Crippen LogP contribution in [0.25, 0.3) is 11.0 Å². The van der Waals surface area contributed by atoms with Gasteiger partial charge in [-0.25, -0.2) is 4.98 Å². The van der Waals surface area contributed by atoms with E-state index in [0.717, 1.165) is 11.2 Å². The standard InChI is InChI=1S/C17H19N5O2/c1-5-22-14-7-6-12(9-13(14)18-11(3)17(22)24)16(23)19-15-8-10(2)20-21(15)4/h6-9H,5H2,1-4H3,(H,19,23). The molecule has 0 atom stereocenters. The topological polar surface area (TPSA) is 81.8 Å². The smallest absolute Gasteiger partial charge is 0.272 e. The van der Waals surface area contributed by atoms with E-state index in [0.29, 0.717) is 29.1 Å². The van der Waals surface area contributed by atoms with E-state index >= 15 is 0 Å². The van der Waals surface area contributed by atoms with Crippen LogP contribution in [-0.2, 0) is 13.6 Å². The van der Waals surface area contributed by atoms with Gasteiger partial charge < -0.3 is 9.88 Å². The summed E-state index contributed by atoms with van der Waals surface area (Å²) in [6.45, 7) is 6.01. The van der Waals surface area contributed by atoms with Crippen molar-refractivity contribution in [1.29, 1.82) is 0 Å². The summed E-state index contributed by atoms with van der Waals surface area (Å²) in [7, 11) is 1.77. The van der Waals surface area contributed by atoms with E-state index in [-0.39, 0.29) is 11.5 Å². The summed E-state index contributed by atoms with van der Waals surface area (Å²) >= 11 is 0. The number of benzene rings is 1. The molecule has 0 spiro atoms. The fourth-order valence-corrected chi connectivity index (χ4v) is 2.75. The van der Waals surface area contributed by atoms with E-state index in [1.54, 1.807) is 47.5 Å². The van der Waals surface area contributed by atoms with Gasteiger partial charge in [-0.3, -0.25) is 14.3 Å². The number of anilines is 1. The number of carbonyl (C=O) groups is 1. The van der Waals surface area contributed by atoms with Crippen molar-refractivity contribution < 1.29 is 4.79 Å². The highest BCUT2D eigenvalue weighted by atomic mass is 16.1. The van der Waals surface area contributed by atoms with Gasteiger partial charge in [-0.1, -0.05) is 0 Å². The van der Waals surface area contributed by atoms with E-state index < -0.39 is 0 Å². The normalized spacial score (nSPS) is 11.0. The summed E-state index contributed by atoms with van der Waals surface area (Å²) < 4.78 is 3.27. The van der Waals surface area contributed by atoms with Crippen LogP contribution in [0.5, 0.6) is 0 Å². The SMILES string of the molecule is CCn1c(=O)c(C)nc2cc(C(=O)Nc3cc(C)nn3C)ccc21. The van der Waals surface area contributed by atoms with Crippen LogP contribution in [0, 0.1) is 13.8 Å². The maximum atomic E-state index is 12.5. The average molecular weight is 325 g/mol. The average Bonchev–Trinajstić information content (AvgIpc) is 2.85. The van der Waals surface area contributed by atoms with Crippen molar-refractivity contribution in [3.63, 3.8) is 0 Å². The van der Waals surface area contributed by atoms with Gasteiger partial charge in [0, 0.05) is 25.2 Å².